The van der Waals surface area contributed by atoms with Gasteiger partial charge in [-0.2, -0.15) is 5.26 Å². The number of halogens is 1. The maximum atomic E-state index is 13.5. The fraction of sp³-hybridized carbons (Fsp3) is 0.243. The van der Waals surface area contributed by atoms with Crippen LogP contribution < -0.4 is 25.4 Å². The molecule has 1 aliphatic rings. The van der Waals surface area contributed by atoms with Gasteiger partial charge in [0.1, 0.15) is 17.5 Å². The molecule has 260 valence electrons. The second-order valence-electron chi connectivity index (χ2n) is 12.0. The molecule has 51 heavy (non-hydrogen) atoms. The van der Waals surface area contributed by atoms with Crippen LogP contribution in [0.15, 0.2) is 67.0 Å². The van der Waals surface area contributed by atoms with E-state index >= 15 is 0 Å². The lowest BCUT2D eigenvalue weighted by atomic mass is 9.98. The molecule has 0 radical (unpaired) electrons. The molecular formula is C37H36ClN9O4. The highest BCUT2D eigenvalue weighted by molar-refractivity contribution is 6.36. The van der Waals surface area contributed by atoms with Gasteiger partial charge in [-0.15, -0.1) is 0 Å². The molecule has 0 spiro atoms. The van der Waals surface area contributed by atoms with E-state index in [1.54, 1.807) is 30.5 Å². The number of rotatable bonds is 11. The SMILES string of the molecule is COc1cc(NCc2cnc(C(=O)Nc3cccc(-c4cccc(NC(=O)c5nc6c(n5C)CCN(C)C6)c4Cl)c3C)cc2OCC#N)ccn1. The molecule has 0 atom stereocenters. The zero-order valence-corrected chi connectivity index (χ0v) is 29.3. The van der Waals surface area contributed by atoms with Gasteiger partial charge in [-0.25, -0.2) is 9.97 Å². The number of nitrogens with zero attached hydrogens (tertiary/aromatic N) is 6. The average molecular weight is 706 g/mol. The number of amides is 2. The molecule has 14 heteroatoms. The van der Waals surface area contributed by atoms with Crippen LogP contribution in [0.2, 0.25) is 5.02 Å². The monoisotopic (exact) mass is 705 g/mol. The van der Waals surface area contributed by atoms with Crippen molar-refractivity contribution in [1.29, 1.82) is 5.26 Å². The molecule has 4 heterocycles. The van der Waals surface area contributed by atoms with Crippen molar-refractivity contribution < 1.29 is 19.1 Å². The average Bonchev–Trinajstić information content (AvgIpc) is 3.46. The Balaban J connectivity index is 1.20. The molecule has 3 N–H and O–H groups in total. The Morgan fingerprint density at radius 2 is 1.78 bits per heavy atom. The van der Waals surface area contributed by atoms with Crippen molar-refractivity contribution in [3.8, 4) is 28.8 Å². The number of ether oxygens (including phenoxy) is 2. The third-order valence-corrected chi connectivity index (χ3v) is 9.07. The topological polar surface area (TPSA) is 159 Å². The molecule has 3 aromatic heterocycles. The van der Waals surface area contributed by atoms with Crippen molar-refractivity contribution in [2.45, 2.75) is 26.4 Å². The summed E-state index contributed by atoms with van der Waals surface area (Å²) in [6.45, 7) is 3.58. The van der Waals surface area contributed by atoms with Gasteiger partial charge < -0.3 is 34.9 Å². The van der Waals surface area contributed by atoms with E-state index < -0.39 is 5.91 Å². The quantitative estimate of drug-likeness (QED) is 0.152. The minimum absolute atomic E-state index is 0.104. The number of likely N-dealkylation sites (N-methyl/N-ethyl adjacent to an activating group) is 1. The number of benzene rings is 2. The minimum Gasteiger partial charge on any atom is -0.481 e. The number of imidazole rings is 1. The van der Waals surface area contributed by atoms with Gasteiger partial charge in [-0.05, 0) is 43.3 Å². The Bertz CT molecular complexity index is 2160. The molecule has 2 amide bonds. The lowest BCUT2D eigenvalue weighted by molar-refractivity contribution is 0.100. The number of carbonyl (C=O) groups excluding carboxylic acids is 2. The first kappa shape index (κ1) is 34.9. The molecule has 0 aliphatic carbocycles. The van der Waals surface area contributed by atoms with Crippen LogP contribution in [0, 0.1) is 18.3 Å². The molecule has 0 fully saturated rings. The predicted molar refractivity (Wildman–Crippen MR) is 194 cm³/mol. The largest absolute Gasteiger partial charge is 0.481 e. The highest BCUT2D eigenvalue weighted by Gasteiger charge is 2.25. The smallest absolute Gasteiger partial charge is 0.291 e. The van der Waals surface area contributed by atoms with Gasteiger partial charge in [-0.1, -0.05) is 35.9 Å². The van der Waals surface area contributed by atoms with Gasteiger partial charge in [0.15, 0.2) is 12.4 Å². The van der Waals surface area contributed by atoms with Crippen LogP contribution in [0.25, 0.3) is 11.1 Å². The van der Waals surface area contributed by atoms with Crippen molar-refractivity contribution in [2.24, 2.45) is 7.05 Å². The van der Waals surface area contributed by atoms with Crippen LogP contribution in [0.5, 0.6) is 11.6 Å². The van der Waals surface area contributed by atoms with Gasteiger partial charge >= 0.3 is 0 Å². The summed E-state index contributed by atoms with van der Waals surface area (Å²) in [6, 6.07) is 17.9. The summed E-state index contributed by atoms with van der Waals surface area (Å²) in [7, 11) is 5.43. The van der Waals surface area contributed by atoms with Crippen LogP contribution >= 0.6 is 11.6 Å². The van der Waals surface area contributed by atoms with Gasteiger partial charge in [0.2, 0.25) is 5.88 Å². The Labute approximate surface area is 300 Å². The van der Waals surface area contributed by atoms with Gasteiger partial charge in [0.05, 0.1) is 23.5 Å². The molecule has 0 bridgehead atoms. The number of hydrogen-bond acceptors (Lipinski definition) is 10. The zero-order chi connectivity index (χ0) is 36.1. The number of fused-ring (bicyclic) bond motifs is 1. The third kappa shape index (κ3) is 7.62. The van der Waals surface area contributed by atoms with E-state index in [1.807, 2.05) is 55.9 Å². The number of anilines is 3. The number of nitriles is 1. The fourth-order valence-electron chi connectivity index (χ4n) is 5.92. The summed E-state index contributed by atoms with van der Waals surface area (Å²) < 4.78 is 12.7. The maximum absolute atomic E-state index is 13.5. The summed E-state index contributed by atoms with van der Waals surface area (Å²) in [5.41, 5.74) is 6.67. The van der Waals surface area contributed by atoms with Crippen molar-refractivity contribution in [3.63, 3.8) is 0 Å². The van der Waals surface area contributed by atoms with E-state index in [9.17, 15) is 9.59 Å². The second-order valence-corrected chi connectivity index (χ2v) is 12.4. The minimum atomic E-state index is -0.466. The third-order valence-electron chi connectivity index (χ3n) is 8.66. The first-order valence-electron chi connectivity index (χ1n) is 16.1. The first-order chi connectivity index (χ1) is 24.7. The van der Waals surface area contributed by atoms with E-state index in [2.05, 4.69) is 35.8 Å². The molecule has 6 rings (SSSR count). The highest BCUT2D eigenvalue weighted by atomic mass is 35.5. The number of methoxy groups -OCH3 is 1. The van der Waals surface area contributed by atoms with Crippen LogP contribution in [-0.4, -0.2) is 63.5 Å². The Morgan fingerprint density at radius 1 is 1.02 bits per heavy atom. The van der Waals surface area contributed by atoms with E-state index in [-0.39, 0.29) is 18.2 Å². The normalized spacial score (nSPS) is 12.4. The molecular weight excluding hydrogens is 670 g/mol. The molecule has 0 saturated heterocycles. The van der Waals surface area contributed by atoms with Crippen molar-refractivity contribution in [2.75, 3.05) is 43.3 Å². The van der Waals surface area contributed by atoms with Crippen molar-refractivity contribution >= 4 is 40.5 Å². The summed E-state index contributed by atoms with van der Waals surface area (Å²) in [4.78, 5) is 42.2. The Morgan fingerprint density at radius 3 is 2.57 bits per heavy atom. The highest BCUT2D eigenvalue weighted by Crippen LogP contribution is 2.38. The van der Waals surface area contributed by atoms with Crippen LogP contribution in [0.3, 0.4) is 0 Å². The standard InChI is InChI=1S/C37H36ClN9O4/c1-22-25(26-8-6-10-28(34(26)38)45-37(49)35-43-30-21-46(2)15-12-31(30)47(35)3)7-5-9-27(22)44-36(48)29-18-32(51-16-13-39)23(20-42-29)19-41-24-11-14-40-33(17-24)50-4/h5-11,14,17-18,20H,12,15-16,19,21H2,1-4H3,(H,40,41)(H,44,48)(H,45,49). The van der Waals surface area contributed by atoms with Crippen molar-refractivity contribution in [3.05, 3.63) is 106 Å². The number of pyridine rings is 2. The van der Waals surface area contributed by atoms with E-state index in [0.29, 0.717) is 58.1 Å². The Hall–Kier alpha value is -5.97. The molecule has 0 unspecified atom stereocenters. The maximum Gasteiger partial charge on any atom is 0.291 e. The molecule has 0 saturated carbocycles. The molecule has 1 aliphatic heterocycles. The van der Waals surface area contributed by atoms with E-state index in [0.717, 1.165) is 41.2 Å². The van der Waals surface area contributed by atoms with Gasteiger partial charge in [0, 0.05) is 85.8 Å². The van der Waals surface area contributed by atoms with Crippen LogP contribution in [-0.2, 0) is 26.6 Å². The summed E-state index contributed by atoms with van der Waals surface area (Å²) in [5, 5.41) is 18.6. The number of aromatic nitrogens is 4. The Kier molecular flexibility index (Phi) is 10.5. The predicted octanol–water partition coefficient (Wildman–Crippen LogP) is 5.85. The molecule has 2 aromatic carbocycles. The number of hydrogen-bond donors (Lipinski definition) is 3. The van der Waals surface area contributed by atoms with Gasteiger partial charge in [0.25, 0.3) is 11.8 Å². The number of nitrogens with one attached hydrogen (secondary N) is 3. The second kappa shape index (κ2) is 15.3. The van der Waals surface area contributed by atoms with E-state index in [1.165, 1.54) is 19.4 Å². The van der Waals surface area contributed by atoms with E-state index in [4.69, 9.17) is 26.3 Å². The van der Waals surface area contributed by atoms with Crippen molar-refractivity contribution in [1.82, 2.24) is 24.4 Å². The first-order valence-corrected chi connectivity index (χ1v) is 16.5. The summed E-state index contributed by atoms with van der Waals surface area (Å²) in [5.74, 6) is 0.312. The number of carbonyl (C=O) groups is 2. The summed E-state index contributed by atoms with van der Waals surface area (Å²) in [6.07, 6.45) is 3.98. The summed E-state index contributed by atoms with van der Waals surface area (Å²) >= 11 is 6.92. The molecule has 5 aromatic rings. The fourth-order valence-corrected chi connectivity index (χ4v) is 6.20. The van der Waals surface area contributed by atoms with Crippen LogP contribution in [0.4, 0.5) is 17.1 Å². The van der Waals surface area contributed by atoms with Crippen LogP contribution in [0.1, 0.15) is 43.6 Å². The van der Waals surface area contributed by atoms with Gasteiger partial charge in [-0.3, -0.25) is 14.6 Å². The molecule has 13 nitrogen and oxygen atoms in total. The lowest BCUT2D eigenvalue weighted by Crippen LogP contribution is -2.27. The lowest BCUT2D eigenvalue weighted by Gasteiger charge is -2.21. The zero-order valence-electron chi connectivity index (χ0n) is 28.6.